The first-order valence-corrected chi connectivity index (χ1v) is 6.45. The first-order valence-electron chi connectivity index (χ1n) is 5.68. The van der Waals surface area contributed by atoms with Crippen LogP contribution in [0.15, 0.2) is 0 Å². The lowest BCUT2D eigenvalue weighted by molar-refractivity contribution is -0.120. The van der Waals surface area contributed by atoms with E-state index in [4.69, 9.17) is 4.74 Å². The van der Waals surface area contributed by atoms with Crippen LogP contribution in [-0.2, 0) is 9.53 Å². The van der Waals surface area contributed by atoms with Crippen molar-refractivity contribution in [3.8, 4) is 0 Å². The molecule has 0 bridgehead atoms. The number of rotatable bonds is 6. The van der Waals surface area contributed by atoms with Gasteiger partial charge in [0.1, 0.15) is 10.6 Å². The highest BCUT2D eigenvalue weighted by Crippen LogP contribution is 2.25. The average molecular weight is 271 g/mol. The molecule has 0 spiro atoms. The zero-order valence-electron chi connectivity index (χ0n) is 10.7. The first kappa shape index (κ1) is 14.4. The van der Waals surface area contributed by atoms with Crippen LogP contribution in [0.2, 0.25) is 0 Å². The lowest BCUT2D eigenvalue weighted by atomic mass is 10.2. The summed E-state index contributed by atoms with van der Waals surface area (Å²) >= 11 is 1.20. The molecule has 0 aliphatic heterocycles. The van der Waals surface area contributed by atoms with Crippen LogP contribution >= 0.6 is 11.5 Å². The van der Waals surface area contributed by atoms with E-state index >= 15 is 0 Å². The van der Waals surface area contributed by atoms with Crippen molar-refractivity contribution in [2.24, 2.45) is 0 Å². The smallest absolute Gasteiger partial charge is 0.343 e. The number of amides is 1. The van der Waals surface area contributed by atoms with Gasteiger partial charge >= 0.3 is 5.97 Å². The minimum absolute atomic E-state index is 0.0542. The second-order valence-electron chi connectivity index (χ2n) is 3.54. The van der Waals surface area contributed by atoms with Crippen molar-refractivity contribution in [2.75, 3.05) is 25.5 Å². The minimum Gasteiger partial charge on any atom is -0.462 e. The molecule has 100 valence electrons. The third-order valence-corrected chi connectivity index (χ3v) is 3.15. The number of hydrogen-bond acceptors (Lipinski definition) is 6. The average Bonchev–Trinajstić information content (AvgIpc) is 2.70. The van der Waals surface area contributed by atoms with Crippen LogP contribution in [0.5, 0.6) is 0 Å². The maximum absolute atomic E-state index is 11.7. The molecular formula is C11H17N3O3S. The number of carbonyl (C=O) groups is 2. The molecule has 1 rings (SSSR count). The van der Waals surface area contributed by atoms with Crippen LogP contribution in [0.25, 0.3) is 0 Å². The van der Waals surface area contributed by atoms with Crippen LogP contribution in [0.4, 0.5) is 5.00 Å². The molecule has 0 aromatic carbocycles. The molecule has 1 amide bonds. The van der Waals surface area contributed by atoms with E-state index in [9.17, 15) is 9.59 Å². The lowest BCUT2D eigenvalue weighted by Gasteiger charge is -2.06. The molecule has 7 heteroatoms. The molecule has 0 aliphatic rings. The number of anilines is 1. The van der Waals surface area contributed by atoms with Crippen molar-refractivity contribution in [1.29, 1.82) is 0 Å². The highest BCUT2D eigenvalue weighted by Gasteiger charge is 2.19. The molecule has 0 radical (unpaired) electrons. The van der Waals surface area contributed by atoms with E-state index in [1.54, 1.807) is 20.9 Å². The summed E-state index contributed by atoms with van der Waals surface area (Å²) in [4.78, 5) is 22.8. The highest BCUT2D eigenvalue weighted by atomic mass is 32.1. The predicted molar refractivity (Wildman–Crippen MR) is 70.0 cm³/mol. The summed E-state index contributed by atoms with van der Waals surface area (Å²) in [5.41, 5.74) is 1.10. The molecule has 0 atom stereocenters. The molecular weight excluding hydrogens is 254 g/mol. The number of aromatic nitrogens is 1. The molecule has 0 unspecified atom stereocenters. The van der Waals surface area contributed by atoms with Gasteiger partial charge in [0.25, 0.3) is 0 Å². The highest BCUT2D eigenvalue weighted by molar-refractivity contribution is 7.10. The molecule has 0 fully saturated rings. The number of ether oxygens (including phenoxy) is 1. The van der Waals surface area contributed by atoms with Gasteiger partial charge in [-0.05, 0) is 25.4 Å². The first-order chi connectivity index (χ1) is 8.60. The van der Waals surface area contributed by atoms with Crippen molar-refractivity contribution in [3.05, 3.63) is 11.3 Å². The van der Waals surface area contributed by atoms with E-state index in [0.717, 1.165) is 0 Å². The molecule has 18 heavy (non-hydrogen) atoms. The van der Waals surface area contributed by atoms with Crippen LogP contribution < -0.4 is 10.6 Å². The number of aryl methyl sites for hydroxylation is 1. The Balaban J connectivity index is 2.66. The van der Waals surface area contributed by atoms with Gasteiger partial charge in [-0.2, -0.15) is 4.37 Å². The van der Waals surface area contributed by atoms with E-state index in [1.165, 1.54) is 11.5 Å². The number of nitrogens with zero attached hydrogens (tertiary/aromatic N) is 1. The van der Waals surface area contributed by atoms with E-state index in [2.05, 4.69) is 15.0 Å². The monoisotopic (exact) mass is 271 g/mol. The fourth-order valence-electron chi connectivity index (χ4n) is 1.35. The van der Waals surface area contributed by atoms with E-state index in [-0.39, 0.29) is 11.9 Å². The van der Waals surface area contributed by atoms with Crippen LogP contribution in [0, 0.1) is 6.92 Å². The van der Waals surface area contributed by atoms with Gasteiger partial charge in [0.15, 0.2) is 0 Å². The molecule has 2 N–H and O–H groups in total. The largest absolute Gasteiger partial charge is 0.462 e. The topological polar surface area (TPSA) is 80.3 Å². The van der Waals surface area contributed by atoms with E-state index in [0.29, 0.717) is 35.8 Å². The summed E-state index contributed by atoms with van der Waals surface area (Å²) in [7, 11) is 1.59. The van der Waals surface area contributed by atoms with Crippen molar-refractivity contribution >= 4 is 28.4 Å². The zero-order valence-corrected chi connectivity index (χ0v) is 11.5. The summed E-state index contributed by atoms with van der Waals surface area (Å²) in [5.74, 6) is -0.437. The molecule has 1 aromatic heterocycles. The van der Waals surface area contributed by atoms with Crippen LogP contribution in [0.1, 0.15) is 29.4 Å². The molecule has 1 aromatic rings. The third-order valence-electron chi connectivity index (χ3n) is 2.26. The summed E-state index contributed by atoms with van der Waals surface area (Å²) in [6.45, 7) is 4.29. The van der Waals surface area contributed by atoms with Crippen molar-refractivity contribution in [2.45, 2.75) is 20.3 Å². The third kappa shape index (κ3) is 3.69. The quantitative estimate of drug-likeness (QED) is 0.759. The summed E-state index contributed by atoms with van der Waals surface area (Å²) in [5, 5.41) is 6.21. The fourth-order valence-corrected chi connectivity index (χ4v) is 2.16. The maximum Gasteiger partial charge on any atom is 0.343 e. The molecule has 0 aliphatic carbocycles. The van der Waals surface area contributed by atoms with Gasteiger partial charge in [0, 0.05) is 20.0 Å². The lowest BCUT2D eigenvalue weighted by Crippen LogP contribution is -2.21. The number of carbonyl (C=O) groups excluding carboxylic acids is 2. The van der Waals surface area contributed by atoms with Gasteiger partial charge in [0.2, 0.25) is 5.91 Å². The van der Waals surface area contributed by atoms with Gasteiger partial charge < -0.3 is 15.4 Å². The second-order valence-corrected chi connectivity index (χ2v) is 4.32. The summed E-state index contributed by atoms with van der Waals surface area (Å²) in [6, 6.07) is 0. The van der Waals surface area contributed by atoms with Crippen LogP contribution in [-0.4, -0.2) is 36.4 Å². The molecule has 0 saturated heterocycles. The number of hydrogen-bond donors (Lipinski definition) is 2. The van der Waals surface area contributed by atoms with Crippen LogP contribution in [0.3, 0.4) is 0 Å². The molecule has 6 nitrogen and oxygen atoms in total. The standard InChI is InChI=1S/C11H17N3O3S/c1-4-17-11(16)9-7(2)14-18-10(9)13-6-5-8(15)12-3/h13H,4-6H2,1-3H3,(H,12,15). The van der Waals surface area contributed by atoms with Crippen molar-refractivity contribution < 1.29 is 14.3 Å². The number of nitrogens with one attached hydrogen (secondary N) is 2. The SMILES string of the molecule is CCOC(=O)c1c(C)nsc1NCCC(=O)NC. The van der Waals surface area contributed by atoms with Crippen molar-refractivity contribution in [3.63, 3.8) is 0 Å². The Hall–Kier alpha value is -1.63. The predicted octanol–water partition coefficient (Wildman–Crippen LogP) is 1.18. The molecule has 0 saturated carbocycles. The van der Waals surface area contributed by atoms with Gasteiger partial charge in [-0.1, -0.05) is 0 Å². The van der Waals surface area contributed by atoms with Gasteiger partial charge in [-0.3, -0.25) is 4.79 Å². The Labute approximate surface area is 110 Å². The van der Waals surface area contributed by atoms with Crippen molar-refractivity contribution in [1.82, 2.24) is 9.69 Å². The Morgan fingerprint density at radius 2 is 2.17 bits per heavy atom. The maximum atomic E-state index is 11.7. The minimum atomic E-state index is -0.383. The fraction of sp³-hybridized carbons (Fsp3) is 0.545. The Bertz CT molecular complexity index is 431. The molecule has 1 heterocycles. The second kappa shape index (κ2) is 6.95. The van der Waals surface area contributed by atoms with E-state index < -0.39 is 0 Å². The van der Waals surface area contributed by atoms with Gasteiger partial charge in [-0.25, -0.2) is 4.79 Å². The van der Waals surface area contributed by atoms with Gasteiger partial charge in [-0.15, -0.1) is 0 Å². The normalized spacial score (nSPS) is 9.94. The Kier molecular flexibility index (Phi) is 5.57. The Morgan fingerprint density at radius 1 is 1.44 bits per heavy atom. The summed E-state index contributed by atoms with van der Waals surface area (Å²) < 4.78 is 9.08. The number of esters is 1. The van der Waals surface area contributed by atoms with Gasteiger partial charge in [0.05, 0.1) is 12.3 Å². The Morgan fingerprint density at radius 3 is 2.78 bits per heavy atom. The van der Waals surface area contributed by atoms with E-state index in [1.807, 2.05) is 0 Å². The zero-order chi connectivity index (χ0) is 13.5. The summed E-state index contributed by atoms with van der Waals surface area (Å²) in [6.07, 6.45) is 0.343.